The fourth-order valence-electron chi connectivity index (χ4n) is 1.99. The molecule has 20 heavy (non-hydrogen) atoms. The average molecular weight is 273 g/mol. The lowest BCUT2D eigenvalue weighted by Gasteiger charge is -2.18. The number of esters is 1. The van der Waals surface area contributed by atoms with Crippen LogP contribution in [0.25, 0.3) is 0 Å². The number of ether oxygens (including phenoxy) is 1. The Balaban J connectivity index is 2.31. The van der Waals surface area contributed by atoms with Crippen LogP contribution in [0.2, 0.25) is 0 Å². The van der Waals surface area contributed by atoms with Gasteiger partial charge in [-0.3, -0.25) is 0 Å². The van der Waals surface area contributed by atoms with Crippen LogP contribution in [-0.2, 0) is 9.53 Å². The van der Waals surface area contributed by atoms with Crippen molar-refractivity contribution in [1.29, 1.82) is 0 Å². The molecule has 0 spiro atoms. The van der Waals surface area contributed by atoms with Gasteiger partial charge in [-0.05, 0) is 30.7 Å². The molecule has 2 rings (SSSR count). The van der Waals surface area contributed by atoms with Gasteiger partial charge in [0.25, 0.3) is 0 Å². The number of carbonyl (C=O) groups is 1. The van der Waals surface area contributed by atoms with Crippen molar-refractivity contribution in [3.8, 4) is 0 Å². The van der Waals surface area contributed by atoms with E-state index < -0.39 is 12.0 Å². The number of carbonyl (C=O) groups excluding carboxylic acids is 1. The van der Waals surface area contributed by atoms with Crippen LogP contribution < -0.4 is 5.32 Å². The van der Waals surface area contributed by atoms with Crippen LogP contribution in [0.1, 0.15) is 17.2 Å². The smallest absolute Gasteiger partial charge is 0.332 e. The van der Waals surface area contributed by atoms with E-state index in [9.17, 15) is 9.18 Å². The number of anilines is 1. The second-order valence-electron chi connectivity index (χ2n) is 4.52. The third kappa shape index (κ3) is 3.35. The first-order valence-corrected chi connectivity index (χ1v) is 6.26. The first kappa shape index (κ1) is 14.1. The van der Waals surface area contributed by atoms with Crippen molar-refractivity contribution < 1.29 is 13.9 Å². The summed E-state index contributed by atoms with van der Waals surface area (Å²) in [5, 5.41) is 3.00. The lowest BCUT2D eigenvalue weighted by molar-refractivity contribution is -0.141. The Bertz CT molecular complexity index is 613. The zero-order chi connectivity index (χ0) is 14.5. The van der Waals surface area contributed by atoms with Crippen molar-refractivity contribution in [2.45, 2.75) is 13.0 Å². The molecule has 104 valence electrons. The molecule has 0 bridgehead atoms. The minimum atomic E-state index is -0.665. The van der Waals surface area contributed by atoms with Gasteiger partial charge >= 0.3 is 5.97 Å². The average Bonchev–Trinajstić information content (AvgIpc) is 2.44. The minimum Gasteiger partial charge on any atom is -0.467 e. The Kier molecular flexibility index (Phi) is 4.35. The third-order valence-corrected chi connectivity index (χ3v) is 2.95. The predicted octanol–water partition coefficient (Wildman–Crippen LogP) is 3.46. The zero-order valence-electron chi connectivity index (χ0n) is 11.4. The van der Waals surface area contributed by atoms with Crippen LogP contribution in [-0.4, -0.2) is 13.1 Å². The summed E-state index contributed by atoms with van der Waals surface area (Å²) in [5.41, 5.74) is 2.35. The van der Waals surface area contributed by atoms with Crippen molar-refractivity contribution in [1.82, 2.24) is 0 Å². The second kappa shape index (κ2) is 6.19. The Morgan fingerprint density at radius 3 is 2.60 bits per heavy atom. The monoisotopic (exact) mass is 273 g/mol. The molecule has 3 nitrogen and oxygen atoms in total. The van der Waals surface area contributed by atoms with Gasteiger partial charge in [0.2, 0.25) is 0 Å². The third-order valence-electron chi connectivity index (χ3n) is 2.95. The fourth-order valence-corrected chi connectivity index (χ4v) is 1.99. The van der Waals surface area contributed by atoms with Gasteiger partial charge in [0, 0.05) is 5.69 Å². The largest absolute Gasteiger partial charge is 0.467 e. The molecular weight excluding hydrogens is 257 g/mol. The molecule has 0 saturated heterocycles. The highest BCUT2D eigenvalue weighted by atomic mass is 19.1. The van der Waals surface area contributed by atoms with E-state index in [4.69, 9.17) is 4.74 Å². The summed E-state index contributed by atoms with van der Waals surface area (Å²) >= 11 is 0. The number of nitrogens with one attached hydrogen (secondary N) is 1. The quantitative estimate of drug-likeness (QED) is 0.867. The van der Waals surface area contributed by atoms with Crippen LogP contribution in [0.3, 0.4) is 0 Å². The molecule has 0 radical (unpaired) electrons. The van der Waals surface area contributed by atoms with Gasteiger partial charge in [-0.15, -0.1) is 0 Å². The molecule has 4 heteroatoms. The molecule has 0 aliphatic carbocycles. The number of aryl methyl sites for hydroxylation is 1. The second-order valence-corrected chi connectivity index (χ2v) is 4.52. The highest BCUT2D eigenvalue weighted by molar-refractivity contribution is 5.81. The SMILES string of the molecule is COC(=O)C(Nc1cccc(F)c1)c1cccc(C)c1. The lowest BCUT2D eigenvalue weighted by atomic mass is 10.0. The Hall–Kier alpha value is -2.36. The van der Waals surface area contributed by atoms with Gasteiger partial charge in [-0.1, -0.05) is 35.9 Å². The lowest BCUT2D eigenvalue weighted by Crippen LogP contribution is -2.22. The van der Waals surface area contributed by atoms with E-state index in [-0.39, 0.29) is 5.82 Å². The van der Waals surface area contributed by atoms with Gasteiger partial charge in [-0.25, -0.2) is 9.18 Å². The number of halogens is 1. The van der Waals surface area contributed by atoms with E-state index in [1.165, 1.54) is 19.2 Å². The summed E-state index contributed by atoms with van der Waals surface area (Å²) < 4.78 is 18.0. The standard InChI is InChI=1S/C16H16FNO2/c1-11-5-3-6-12(9-11)15(16(19)20-2)18-14-8-4-7-13(17)10-14/h3-10,15,18H,1-2H3. The summed E-state index contributed by atoms with van der Waals surface area (Å²) in [5.74, 6) is -0.775. The minimum absolute atomic E-state index is 0.358. The molecule has 2 aromatic rings. The summed E-state index contributed by atoms with van der Waals surface area (Å²) in [6, 6.07) is 12.9. The Labute approximate surface area is 117 Å². The molecule has 1 unspecified atom stereocenters. The van der Waals surface area contributed by atoms with Crippen LogP contribution in [0, 0.1) is 12.7 Å². The maximum absolute atomic E-state index is 13.2. The van der Waals surface area contributed by atoms with Crippen LogP contribution >= 0.6 is 0 Å². The number of methoxy groups -OCH3 is 1. The van der Waals surface area contributed by atoms with Crippen LogP contribution in [0.5, 0.6) is 0 Å². The summed E-state index contributed by atoms with van der Waals surface area (Å²) in [6.45, 7) is 1.94. The van der Waals surface area contributed by atoms with Gasteiger partial charge in [0.15, 0.2) is 6.04 Å². The predicted molar refractivity (Wildman–Crippen MR) is 76.0 cm³/mol. The number of hydrogen-bond acceptors (Lipinski definition) is 3. The van der Waals surface area contributed by atoms with E-state index >= 15 is 0 Å². The van der Waals surface area contributed by atoms with Crippen molar-refractivity contribution in [2.75, 3.05) is 12.4 Å². The number of rotatable bonds is 4. The van der Waals surface area contributed by atoms with Gasteiger partial charge in [0.05, 0.1) is 7.11 Å². The van der Waals surface area contributed by atoms with Crippen molar-refractivity contribution in [3.63, 3.8) is 0 Å². The first-order valence-electron chi connectivity index (χ1n) is 6.26. The highest BCUT2D eigenvalue weighted by Crippen LogP contribution is 2.22. The van der Waals surface area contributed by atoms with Crippen molar-refractivity contribution in [3.05, 3.63) is 65.5 Å². The normalized spacial score (nSPS) is 11.8. The van der Waals surface area contributed by atoms with Gasteiger partial charge < -0.3 is 10.1 Å². The molecule has 0 aromatic heterocycles. The van der Waals surface area contributed by atoms with Crippen LogP contribution in [0.15, 0.2) is 48.5 Å². The van der Waals surface area contributed by atoms with Crippen molar-refractivity contribution >= 4 is 11.7 Å². The molecule has 0 aliphatic heterocycles. The van der Waals surface area contributed by atoms with E-state index in [0.29, 0.717) is 5.69 Å². The van der Waals surface area contributed by atoms with Gasteiger partial charge in [-0.2, -0.15) is 0 Å². The molecule has 1 N–H and O–H groups in total. The Morgan fingerprint density at radius 2 is 1.95 bits per heavy atom. The maximum Gasteiger partial charge on any atom is 0.332 e. The summed E-state index contributed by atoms with van der Waals surface area (Å²) in [6.07, 6.45) is 0. The van der Waals surface area contributed by atoms with E-state index in [1.807, 2.05) is 31.2 Å². The van der Waals surface area contributed by atoms with Crippen molar-refractivity contribution in [2.24, 2.45) is 0 Å². The molecule has 1 atom stereocenters. The van der Waals surface area contributed by atoms with E-state index in [2.05, 4.69) is 5.32 Å². The Morgan fingerprint density at radius 1 is 1.20 bits per heavy atom. The van der Waals surface area contributed by atoms with Gasteiger partial charge in [0.1, 0.15) is 5.82 Å². The van der Waals surface area contributed by atoms with E-state index in [0.717, 1.165) is 11.1 Å². The molecule has 0 heterocycles. The molecular formula is C16H16FNO2. The molecule has 0 saturated carbocycles. The number of benzene rings is 2. The molecule has 0 aliphatic rings. The first-order chi connectivity index (χ1) is 9.60. The highest BCUT2D eigenvalue weighted by Gasteiger charge is 2.21. The number of hydrogen-bond donors (Lipinski definition) is 1. The topological polar surface area (TPSA) is 38.3 Å². The molecule has 2 aromatic carbocycles. The summed E-state index contributed by atoms with van der Waals surface area (Å²) in [7, 11) is 1.33. The zero-order valence-corrected chi connectivity index (χ0v) is 11.4. The van der Waals surface area contributed by atoms with Crippen LogP contribution in [0.4, 0.5) is 10.1 Å². The molecule has 0 fully saturated rings. The fraction of sp³-hybridized carbons (Fsp3) is 0.188. The maximum atomic E-state index is 13.2. The summed E-state index contributed by atoms with van der Waals surface area (Å²) in [4.78, 5) is 11.9. The molecule has 0 amide bonds. The van der Waals surface area contributed by atoms with E-state index in [1.54, 1.807) is 12.1 Å².